The molecule has 1 amide bonds. The number of likely N-dealkylation sites (tertiary alicyclic amines) is 1. The number of carbonyl (C=O) groups excluding carboxylic acids is 1. The van der Waals surface area contributed by atoms with Gasteiger partial charge in [0.15, 0.2) is 0 Å². The molecule has 0 aromatic heterocycles. The van der Waals surface area contributed by atoms with Crippen LogP contribution in [0.1, 0.15) is 40.7 Å². The van der Waals surface area contributed by atoms with Crippen LogP contribution >= 0.6 is 0 Å². The minimum absolute atomic E-state index is 0.156. The monoisotopic (exact) mass is 303 g/mol. The molecule has 4 nitrogen and oxygen atoms in total. The van der Waals surface area contributed by atoms with E-state index in [0.29, 0.717) is 0 Å². The van der Waals surface area contributed by atoms with Crippen molar-refractivity contribution < 1.29 is 14.3 Å². The first-order chi connectivity index (χ1) is 10.6. The number of amides is 1. The molecule has 0 radical (unpaired) electrons. The summed E-state index contributed by atoms with van der Waals surface area (Å²) in [7, 11) is 0. The van der Waals surface area contributed by atoms with Gasteiger partial charge in [0, 0.05) is 25.3 Å². The molecule has 120 valence electrons. The Balaban J connectivity index is 1.56. The topological polar surface area (TPSA) is 38.8 Å². The lowest BCUT2D eigenvalue weighted by atomic mass is 10.0. The largest absolute Gasteiger partial charge is 0.379 e. The molecule has 0 saturated carbocycles. The summed E-state index contributed by atoms with van der Waals surface area (Å²) in [5.41, 5.74) is 3.10. The zero-order valence-electron chi connectivity index (χ0n) is 13.5. The van der Waals surface area contributed by atoms with Crippen LogP contribution in [0.4, 0.5) is 0 Å². The number of rotatable bonds is 3. The van der Waals surface area contributed by atoms with Crippen molar-refractivity contribution in [3.8, 4) is 0 Å². The maximum absolute atomic E-state index is 12.7. The van der Waals surface area contributed by atoms with Gasteiger partial charge in [-0.05, 0) is 50.3 Å². The first-order valence-corrected chi connectivity index (χ1v) is 8.24. The Morgan fingerprint density at radius 2 is 1.95 bits per heavy atom. The predicted octanol–water partition coefficient (Wildman–Crippen LogP) is 2.71. The van der Waals surface area contributed by atoms with E-state index < -0.39 is 0 Å². The molecule has 2 heterocycles. The molecule has 22 heavy (non-hydrogen) atoms. The maximum atomic E-state index is 12.7. The Labute approximate surface area is 132 Å². The standard InChI is InChI=1S/C18H25NO3/c1-13-4-3-5-17(14(13)2)18(20)19-9-6-15(7-10-19)22-16-8-11-21-12-16/h3-5,15-16H,6-12H2,1-2H3/t16-/m1/s1. The maximum Gasteiger partial charge on any atom is 0.254 e. The molecule has 3 rings (SSSR count). The second-order valence-corrected chi connectivity index (χ2v) is 6.36. The fourth-order valence-corrected chi connectivity index (χ4v) is 3.24. The number of benzene rings is 1. The molecule has 2 aliphatic heterocycles. The molecule has 0 unspecified atom stereocenters. The van der Waals surface area contributed by atoms with E-state index in [9.17, 15) is 4.79 Å². The highest BCUT2D eigenvalue weighted by molar-refractivity contribution is 5.96. The number of aryl methyl sites for hydroxylation is 1. The quantitative estimate of drug-likeness (QED) is 0.862. The van der Waals surface area contributed by atoms with Crippen LogP contribution in [0.3, 0.4) is 0 Å². The summed E-state index contributed by atoms with van der Waals surface area (Å²) in [6.07, 6.45) is 3.38. The van der Waals surface area contributed by atoms with E-state index in [1.165, 1.54) is 5.56 Å². The Bertz CT molecular complexity index is 529. The van der Waals surface area contributed by atoms with Gasteiger partial charge in [-0.1, -0.05) is 12.1 Å². The fraction of sp³-hybridized carbons (Fsp3) is 0.611. The van der Waals surface area contributed by atoms with E-state index in [1.807, 2.05) is 24.0 Å². The molecule has 2 saturated heterocycles. The van der Waals surface area contributed by atoms with Gasteiger partial charge in [0.05, 0.1) is 18.8 Å². The van der Waals surface area contributed by atoms with Gasteiger partial charge < -0.3 is 14.4 Å². The number of hydrogen-bond acceptors (Lipinski definition) is 3. The lowest BCUT2D eigenvalue weighted by molar-refractivity contribution is -0.0408. The Hall–Kier alpha value is -1.39. The highest BCUT2D eigenvalue weighted by Crippen LogP contribution is 2.22. The third-order valence-electron chi connectivity index (χ3n) is 4.84. The molecule has 0 spiro atoms. The number of hydrogen-bond donors (Lipinski definition) is 0. The Morgan fingerprint density at radius 1 is 1.18 bits per heavy atom. The van der Waals surface area contributed by atoms with Crippen molar-refractivity contribution in [3.63, 3.8) is 0 Å². The van der Waals surface area contributed by atoms with Gasteiger partial charge in [-0.15, -0.1) is 0 Å². The normalized spacial score (nSPS) is 23.0. The summed E-state index contributed by atoms with van der Waals surface area (Å²) in [5, 5.41) is 0. The van der Waals surface area contributed by atoms with Gasteiger partial charge in [0.25, 0.3) is 5.91 Å². The molecule has 1 atom stereocenters. The molecule has 2 aliphatic rings. The fourth-order valence-electron chi connectivity index (χ4n) is 3.24. The van der Waals surface area contributed by atoms with Gasteiger partial charge in [-0.3, -0.25) is 4.79 Å². The van der Waals surface area contributed by atoms with E-state index in [0.717, 1.165) is 56.7 Å². The van der Waals surface area contributed by atoms with Gasteiger partial charge in [-0.2, -0.15) is 0 Å². The number of ether oxygens (including phenoxy) is 2. The first kappa shape index (κ1) is 15.5. The lowest BCUT2D eigenvalue weighted by Crippen LogP contribution is -2.42. The van der Waals surface area contributed by atoms with Crippen molar-refractivity contribution in [2.75, 3.05) is 26.3 Å². The van der Waals surface area contributed by atoms with Crippen molar-refractivity contribution in [2.45, 2.75) is 45.3 Å². The summed E-state index contributed by atoms with van der Waals surface area (Å²) in [6.45, 7) is 7.18. The summed E-state index contributed by atoms with van der Waals surface area (Å²) in [4.78, 5) is 14.7. The van der Waals surface area contributed by atoms with Crippen LogP contribution in [-0.2, 0) is 9.47 Å². The summed E-state index contributed by atoms with van der Waals surface area (Å²) >= 11 is 0. The van der Waals surface area contributed by atoms with E-state index in [1.54, 1.807) is 0 Å². The van der Waals surface area contributed by atoms with Gasteiger partial charge in [0.2, 0.25) is 0 Å². The van der Waals surface area contributed by atoms with E-state index >= 15 is 0 Å². The van der Waals surface area contributed by atoms with Crippen molar-refractivity contribution >= 4 is 5.91 Å². The second-order valence-electron chi connectivity index (χ2n) is 6.36. The van der Waals surface area contributed by atoms with E-state index in [2.05, 4.69) is 13.0 Å². The van der Waals surface area contributed by atoms with E-state index in [4.69, 9.17) is 9.47 Å². The number of piperidine rings is 1. The predicted molar refractivity (Wildman–Crippen MR) is 85.2 cm³/mol. The minimum atomic E-state index is 0.156. The second kappa shape index (κ2) is 6.80. The van der Waals surface area contributed by atoms with Crippen LogP contribution in [-0.4, -0.2) is 49.3 Å². The van der Waals surface area contributed by atoms with Crippen LogP contribution < -0.4 is 0 Å². The number of carbonyl (C=O) groups is 1. The average Bonchev–Trinajstić information content (AvgIpc) is 3.03. The molecule has 0 bridgehead atoms. The van der Waals surface area contributed by atoms with Crippen molar-refractivity contribution in [1.29, 1.82) is 0 Å². The zero-order chi connectivity index (χ0) is 15.5. The van der Waals surface area contributed by atoms with Gasteiger partial charge in [0.1, 0.15) is 0 Å². The van der Waals surface area contributed by atoms with Gasteiger partial charge in [-0.25, -0.2) is 0 Å². The minimum Gasteiger partial charge on any atom is -0.379 e. The Morgan fingerprint density at radius 3 is 2.64 bits per heavy atom. The third-order valence-corrected chi connectivity index (χ3v) is 4.84. The molecular formula is C18H25NO3. The molecule has 0 N–H and O–H groups in total. The average molecular weight is 303 g/mol. The van der Waals surface area contributed by atoms with Crippen molar-refractivity contribution in [2.24, 2.45) is 0 Å². The molecule has 0 aliphatic carbocycles. The van der Waals surface area contributed by atoms with Crippen LogP contribution in [0.15, 0.2) is 18.2 Å². The number of nitrogens with zero attached hydrogens (tertiary/aromatic N) is 1. The highest BCUT2D eigenvalue weighted by atomic mass is 16.5. The van der Waals surface area contributed by atoms with Crippen LogP contribution in [0.25, 0.3) is 0 Å². The summed E-state index contributed by atoms with van der Waals surface area (Å²) in [6, 6.07) is 5.95. The molecule has 1 aromatic rings. The SMILES string of the molecule is Cc1cccc(C(=O)N2CCC(O[C@@H]3CCOC3)CC2)c1C. The first-order valence-electron chi connectivity index (χ1n) is 8.24. The van der Waals surface area contributed by atoms with Crippen LogP contribution in [0.2, 0.25) is 0 Å². The molecule has 2 fully saturated rings. The van der Waals surface area contributed by atoms with E-state index in [-0.39, 0.29) is 18.1 Å². The molecule has 1 aromatic carbocycles. The molecular weight excluding hydrogens is 278 g/mol. The zero-order valence-corrected chi connectivity index (χ0v) is 13.5. The Kier molecular flexibility index (Phi) is 4.79. The lowest BCUT2D eigenvalue weighted by Gasteiger charge is -2.33. The van der Waals surface area contributed by atoms with Crippen LogP contribution in [0.5, 0.6) is 0 Å². The van der Waals surface area contributed by atoms with Crippen LogP contribution in [0, 0.1) is 13.8 Å². The summed E-state index contributed by atoms with van der Waals surface area (Å²) < 4.78 is 11.4. The highest BCUT2D eigenvalue weighted by Gasteiger charge is 2.27. The third kappa shape index (κ3) is 3.33. The van der Waals surface area contributed by atoms with Crippen molar-refractivity contribution in [3.05, 3.63) is 34.9 Å². The van der Waals surface area contributed by atoms with Gasteiger partial charge >= 0.3 is 0 Å². The molecule has 4 heteroatoms. The smallest absolute Gasteiger partial charge is 0.254 e. The summed E-state index contributed by atoms with van der Waals surface area (Å²) in [5.74, 6) is 0.156. The van der Waals surface area contributed by atoms with Crippen molar-refractivity contribution in [1.82, 2.24) is 4.90 Å².